The van der Waals surface area contributed by atoms with Crippen LogP contribution in [0.3, 0.4) is 0 Å². The number of benzene rings is 1. The number of amides is 1. The molecule has 1 amide bonds. The average molecular weight is 433 g/mol. The highest BCUT2D eigenvalue weighted by molar-refractivity contribution is 6.12. The average Bonchev–Trinajstić information content (AvgIpc) is 2.99. The zero-order valence-corrected chi connectivity index (χ0v) is 19.1. The van der Waals surface area contributed by atoms with Crippen LogP contribution in [-0.2, 0) is 13.0 Å². The second-order valence-electron chi connectivity index (χ2n) is 8.87. The van der Waals surface area contributed by atoms with Crippen LogP contribution in [0, 0.1) is 6.92 Å². The highest BCUT2D eigenvalue weighted by Gasteiger charge is 2.23. The third-order valence-electron chi connectivity index (χ3n) is 6.75. The fraction of sp³-hybridized carbons (Fsp3) is 0.480. The number of piperazine rings is 1. The zero-order chi connectivity index (χ0) is 22.1. The lowest BCUT2D eigenvalue weighted by Gasteiger charge is -2.36. The van der Waals surface area contributed by atoms with Crippen molar-refractivity contribution in [3.05, 3.63) is 47.4 Å². The summed E-state index contributed by atoms with van der Waals surface area (Å²) in [5.41, 5.74) is 4.96. The highest BCUT2D eigenvalue weighted by Crippen LogP contribution is 2.29. The summed E-state index contributed by atoms with van der Waals surface area (Å²) < 4.78 is 2.22. The Bertz CT molecular complexity index is 1130. The summed E-state index contributed by atoms with van der Waals surface area (Å²) in [5, 5.41) is 3.19. The molecule has 168 valence electrons. The standard InChI is InChI=1S/C25H32N6O/c1-3-29-13-15-30(16-14-29)21-10-7-6-9-20(21)27-25(32)19-17-18(2)26-24-23(19)28-22-11-5-4-8-12-31(22)24/h6-7,9-10,17H,3-5,8,11-16H2,1-2H3,(H,27,32). The number of imidazole rings is 1. The first-order chi connectivity index (χ1) is 15.6. The monoisotopic (exact) mass is 432 g/mol. The van der Waals surface area contributed by atoms with Crippen LogP contribution in [0.15, 0.2) is 30.3 Å². The number of aryl methyl sites for hydroxylation is 3. The number of nitrogens with zero attached hydrogens (tertiary/aromatic N) is 5. The van der Waals surface area contributed by atoms with Gasteiger partial charge in [-0.25, -0.2) is 9.97 Å². The predicted molar refractivity (Wildman–Crippen MR) is 129 cm³/mol. The Morgan fingerprint density at radius 1 is 1.03 bits per heavy atom. The van der Waals surface area contributed by atoms with E-state index < -0.39 is 0 Å². The number of para-hydroxylation sites is 2. The van der Waals surface area contributed by atoms with Gasteiger partial charge in [0.15, 0.2) is 5.65 Å². The molecule has 2 aliphatic rings. The topological polar surface area (TPSA) is 66.3 Å². The molecule has 32 heavy (non-hydrogen) atoms. The van der Waals surface area contributed by atoms with Crippen molar-refractivity contribution in [2.24, 2.45) is 0 Å². The van der Waals surface area contributed by atoms with E-state index in [0.29, 0.717) is 5.56 Å². The van der Waals surface area contributed by atoms with E-state index in [4.69, 9.17) is 9.97 Å². The molecule has 1 aromatic carbocycles. The molecule has 0 saturated carbocycles. The molecule has 1 saturated heterocycles. The molecule has 7 nitrogen and oxygen atoms in total. The van der Waals surface area contributed by atoms with Crippen LogP contribution in [0.5, 0.6) is 0 Å². The van der Waals surface area contributed by atoms with Crippen molar-refractivity contribution in [1.82, 2.24) is 19.4 Å². The Hall–Kier alpha value is -2.93. The number of aromatic nitrogens is 3. The molecule has 3 aromatic rings. The zero-order valence-electron chi connectivity index (χ0n) is 19.1. The molecule has 4 heterocycles. The van der Waals surface area contributed by atoms with E-state index in [9.17, 15) is 4.79 Å². The minimum absolute atomic E-state index is 0.117. The number of carbonyl (C=O) groups is 1. The van der Waals surface area contributed by atoms with E-state index in [1.165, 1.54) is 6.42 Å². The molecule has 0 aliphatic carbocycles. The first kappa shape index (κ1) is 20.9. The van der Waals surface area contributed by atoms with Crippen molar-refractivity contribution in [2.75, 3.05) is 42.9 Å². The maximum atomic E-state index is 13.5. The van der Waals surface area contributed by atoms with E-state index in [1.54, 1.807) is 0 Å². The van der Waals surface area contributed by atoms with E-state index in [2.05, 4.69) is 32.7 Å². The van der Waals surface area contributed by atoms with Gasteiger partial charge in [-0.15, -0.1) is 0 Å². The quantitative estimate of drug-likeness (QED) is 0.678. The Kier molecular flexibility index (Phi) is 5.83. The van der Waals surface area contributed by atoms with Gasteiger partial charge in [0.1, 0.15) is 11.3 Å². The van der Waals surface area contributed by atoms with Crippen molar-refractivity contribution in [3.8, 4) is 0 Å². The maximum absolute atomic E-state index is 13.5. The first-order valence-corrected chi connectivity index (χ1v) is 11.9. The summed E-state index contributed by atoms with van der Waals surface area (Å²) in [6.07, 6.45) is 4.44. The lowest BCUT2D eigenvalue weighted by atomic mass is 10.1. The molecule has 7 heteroatoms. The van der Waals surface area contributed by atoms with Gasteiger partial charge in [-0.05, 0) is 44.5 Å². The van der Waals surface area contributed by atoms with Crippen molar-refractivity contribution >= 4 is 28.4 Å². The number of fused-ring (bicyclic) bond motifs is 3. The van der Waals surface area contributed by atoms with Crippen molar-refractivity contribution in [1.29, 1.82) is 0 Å². The molecule has 0 spiro atoms. The van der Waals surface area contributed by atoms with Crippen LogP contribution in [0.2, 0.25) is 0 Å². The van der Waals surface area contributed by atoms with Crippen LogP contribution in [0.4, 0.5) is 11.4 Å². The number of pyridine rings is 1. The Morgan fingerprint density at radius 2 is 1.84 bits per heavy atom. The summed E-state index contributed by atoms with van der Waals surface area (Å²) in [6, 6.07) is 9.98. The van der Waals surface area contributed by atoms with Gasteiger partial charge in [0, 0.05) is 44.8 Å². The molecule has 0 bridgehead atoms. The number of rotatable bonds is 4. The Balaban J connectivity index is 1.45. The fourth-order valence-corrected chi connectivity index (χ4v) is 4.94. The molecule has 0 atom stereocenters. The summed E-state index contributed by atoms with van der Waals surface area (Å²) in [4.78, 5) is 27.9. The van der Waals surface area contributed by atoms with E-state index in [1.807, 2.05) is 31.2 Å². The molecular formula is C25H32N6O. The highest BCUT2D eigenvalue weighted by atomic mass is 16.1. The van der Waals surface area contributed by atoms with Crippen molar-refractivity contribution < 1.29 is 4.79 Å². The molecule has 1 fully saturated rings. The number of anilines is 2. The van der Waals surface area contributed by atoms with Gasteiger partial charge >= 0.3 is 0 Å². The van der Waals surface area contributed by atoms with Gasteiger partial charge in [-0.1, -0.05) is 25.5 Å². The van der Waals surface area contributed by atoms with Crippen LogP contribution in [0.1, 0.15) is 48.1 Å². The molecule has 0 unspecified atom stereocenters. The van der Waals surface area contributed by atoms with Gasteiger partial charge < -0.3 is 19.7 Å². The van der Waals surface area contributed by atoms with E-state index in [0.717, 1.165) is 92.6 Å². The number of likely N-dealkylation sites (N-methyl/N-ethyl adjacent to an activating group) is 1. The predicted octanol–water partition coefficient (Wildman–Crippen LogP) is 3.86. The van der Waals surface area contributed by atoms with Gasteiger partial charge in [0.05, 0.1) is 16.9 Å². The Labute approximate surface area is 189 Å². The molecule has 0 radical (unpaired) electrons. The molecule has 2 aromatic heterocycles. The van der Waals surface area contributed by atoms with Crippen LogP contribution >= 0.6 is 0 Å². The summed E-state index contributed by atoms with van der Waals surface area (Å²) in [7, 11) is 0. The number of nitrogens with one attached hydrogen (secondary N) is 1. The summed E-state index contributed by atoms with van der Waals surface area (Å²) >= 11 is 0. The van der Waals surface area contributed by atoms with Crippen molar-refractivity contribution in [2.45, 2.75) is 46.1 Å². The summed E-state index contributed by atoms with van der Waals surface area (Å²) in [6.45, 7) is 10.2. The fourth-order valence-electron chi connectivity index (χ4n) is 4.94. The van der Waals surface area contributed by atoms with Gasteiger partial charge in [0.2, 0.25) is 0 Å². The first-order valence-electron chi connectivity index (χ1n) is 11.9. The number of carbonyl (C=O) groups excluding carboxylic acids is 1. The van der Waals surface area contributed by atoms with Gasteiger partial charge in [-0.3, -0.25) is 4.79 Å². The Morgan fingerprint density at radius 3 is 2.66 bits per heavy atom. The molecular weight excluding hydrogens is 400 g/mol. The minimum atomic E-state index is -0.117. The van der Waals surface area contributed by atoms with Crippen LogP contribution in [-0.4, -0.2) is 58.1 Å². The van der Waals surface area contributed by atoms with E-state index >= 15 is 0 Å². The third-order valence-corrected chi connectivity index (χ3v) is 6.75. The minimum Gasteiger partial charge on any atom is -0.367 e. The summed E-state index contributed by atoms with van der Waals surface area (Å²) in [5.74, 6) is 0.937. The third kappa shape index (κ3) is 3.97. The SMILES string of the molecule is CCN1CCN(c2ccccc2NC(=O)c2cc(C)nc3c2nc2n3CCCCC2)CC1. The number of hydrogen-bond acceptors (Lipinski definition) is 5. The number of hydrogen-bond donors (Lipinski definition) is 1. The largest absolute Gasteiger partial charge is 0.367 e. The lowest BCUT2D eigenvalue weighted by molar-refractivity contribution is 0.102. The normalized spacial score (nSPS) is 17.2. The smallest absolute Gasteiger partial charge is 0.258 e. The molecule has 2 aliphatic heterocycles. The van der Waals surface area contributed by atoms with Gasteiger partial charge in [0.25, 0.3) is 5.91 Å². The van der Waals surface area contributed by atoms with Crippen molar-refractivity contribution in [3.63, 3.8) is 0 Å². The lowest BCUT2D eigenvalue weighted by Crippen LogP contribution is -2.46. The second-order valence-corrected chi connectivity index (χ2v) is 8.87. The molecule has 1 N–H and O–H groups in total. The second kappa shape index (κ2) is 8.90. The maximum Gasteiger partial charge on any atom is 0.258 e. The van der Waals surface area contributed by atoms with Crippen LogP contribution < -0.4 is 10.2 Å². The molecule has 5 rings (SSSR count). The van der Waals surface area contributed by atoms with Gasteiger partial charge in [-0.2, -0.15) is 0 Å². The van der Waals surface area contributed by atoms with Crippen LogP contribution in [0.25, 0.3) is 11.2 Å². The van der Waals surface area contributed by atoms with E-state index in [-0.39, 0.29) is 5.91 Å².